The zero-order chi connectivity index (χ0) is 30.1. The Morgan fingerprint density at radius 2 is 1.64 bits per heavy atom. The predicted molar refractivity (Wildman–Crippen MR) is 178 cm³/mol. The van der Waals surface area contributed by atoms with Gasteiger partial charge in [-0.1, -0.05) is 27.7 Å². The van der Waals surface area contributed by atoms with Gasteiger partial charge in [0.05, 0.1) is 5.76 Å². The van der Waals surface area contributed by atoms with E-state index >= 15 is 0 Å². The summed E-state index contributed by atoms with van der Waals surface area (Å²) < 4.78 is 1.60. The van der Waals surface area contributed by atoms with E-state index in [1.54, 1.807) is 10.0 Å². The van der Waals surface area contributed by atoms with Crippen LogP contribution in [0.1, 0.15) is 78.4 Å². The standard InChI is InChI=1S/C22H21GeN2S.C13H24O2.Ir/c1-22(2)16-11-14-9-7-6-8-13(14)10-15(16)19-17-18(22)20(23(3,4)5)26-21(17)25-12-24-19;1-5-10(6-2)12(14)9-13(15)11(7-3)8-4;/h6-9,11-12H,1-5H3;9-11,14H,5-8H2,1-4H3;/q-1;;/b;12-9-;. The molecule has 7 heteroatoms. The van der Waals surface area contributed by atoms with Crippen LogP contribution < -0.4 is 3.71 Å². The summed E-state index contributed by atoms with van der Waals surface area (Å²) in [4.78, 5) is 22.2. The molecule has 4 aromatic rings. The summed E-state index contributed by atoms with van der Waals surface area (Å²) in [5.41, 5.74) is 4.99. The van der Waals surface area contributed by atoms with Crippen molar-refractivity contribution in [1.29, 1.82) is 0 Å². The minimum atomic E-state index is -2.04. The van der Waals surface area contributed by atoms with E-state index in [9.17, 15) is 9.90 Å². The summed E-state index contributed by atoms with van der Waals surface area (Å²) in [5.74, 6) is 7.98. The fourth-order valence-electron chi connectivity index (χ4n) is 6.01. The van der Waals surface area contributed by atoms with Gasteiger partial charge in [0.2, 0.25) is 0 Å². The van der Waals surface area contributed by atoms with E-state index in [0.717, 1.165) is 47.2 Å². The van der Waals surface area contributed by atoms with E-state index in [4.69, 9.17) is 4.98 Å². The SMILES string of the molecule is CC1(C)c2cc3ccccc3[c-]c2-c2ncnc3s[c]([Ge]([CH3])([CH3])[CH3])c1c23.CCC(CC)C(=O)/C=C(\O)C(CC)CC.[Ir]. The zero-order valence-electron chi connectivity index (χ0n) is 26.5. The van der Waals surface area contributed by atoms with Gasteiger partial charge in [0.1, 0.15) is 0 Å². The Kier molecular flexibility index (Phi) is 11.4. The first kappa shape index (κ1) is 34.6. The number of fused-ring (bicyclic) bond motifs is 3. The van der Waals surface area contributed by atoms with Gasteiger partial charge in [0.25, 0.3) is 0 Å². The van der Waals surface area contributed by atoms with Crippen LogP contribution in [0, 0.1) is 17.9 Å². The Balaban J connectivity index is 0.000000263. The summed E-state index contributed by atoms with van der Waals surface area (Å²) in [5, 5.41) is 13.4. The first-order chi connectivity index (χ1) is 19.4. The minimum Gasteiger partial charge on any atom is -0.512 e. The third-order valence-corrected chi connectivity index (χ3v) is 16.7. The number of ketones is 1. The average molecular weight is 823 g/mol. The fourth-order valence-corrected chi connectivity index (χ4v) is 12.4. The van der Waals surface area contributed by atoms with Gasteiger partial charge < -0.3 is 5.11 Å². The summed E-state index contributed by atoms with van der Waals surface area (Å²) in [6.45, 7) is 12.8. The summed E-state index contributed by atoms with van der Waals surface area (Å²) in [7, 11) is 0. The topological polar surface area (TPSA) is 63.1 Å². The van der Waals surface area contributed by atoms with Gasteiger partial charge in [-0.3, -0.25) is 4.79 Å². The number of rotatable bonds is 8. The van der Waals surface area contributed by atoms with Crippen molar-refractivity contribution in [2.45, 2.75) is 89.9 Å². The van der Waals surface area contributed by atoms with Crippen molar-refractivity contribution in [3.05, 3.63) is 65.7 Å². The van der Waals surface area contributed by atoms with E-state index in [-0.39, 0.29) is 48.9 Å². The molecule has 0 fully saturated rings. The van der Waals surface area contributed by atoms with Crippen LogP contribution in [0.4, 0.5) is 0 Å². The molecule has 0 unspecified atom stereocenters. The van der Waals surface area contributed by atoms with Crippen LogP contribution in [-0.2, 0) is 30.3 Å². The Morgan fingerprint density at radius 3 is 2.24 bits per heavy atom. The molecular formula is C35H45GeIrN2O2S-. The molecule has 4 nitrogen and oxygen atoms in total. The van der Waals surface area contributed by atoms with Crippen molar-refractivity contribution in [3.8, 4) is 11.3 Å². The Labute approximate surface area is 272 Å². The number of hydrogen-bond acceptors (Lipinski definition) is 5. The summed E-state index contributed by atoms with van der Waals surface area (Å²) in [6, 6.07) is 14.5. The number of thiophene rings is 1. The van der Waals surface area contributed by atoms with E-state index in [0.29, 0.717) is 0 Å². The molecule has 1 radical (unpaired) electrons. The number of aliphatic hydroxyl groups excluding tert-OH is 1. The molecule has 0 saturated heterocycles. The largest absolute Gasteiger partial charge is 0.512 e. The molecular weight excluding hydrogens is 777 g/mol. The maximum atomic E-state index is 11.7. The second kappa shape index (κ2) is 13.8. The third-order valence-electron chi connectivity index (χ3n) is 8.58. The number of nitrogens with zero attached hydrogens (tertiary/aromatic N) is 2. The van der Waals surface area contributed by atoms with Gasteiger partial charge >= 0.3 is 161 Å². The molecule has 227 valence electrons. The number of hydrogen-bond donors (Lipinski definition) is 1. The van der Waals surface area contributed by atoms with E-state index < -0.39 is 13.3 Å². The average Bonchev–Trinajstić information content (AvgIpc) is 3.35. The second-order valence-corrected chi connectivity index (χ2v) is 25.0. The van der Waals surface area contributed by atoms with E-state index in [2.05, 4.69) is 72.5 Å². The Bertz CT molecular complexity index is 1590. The zero-order valence-corrected chi connectivity index (χ0v) is 31.8. The van der Waals surface area contributed by atoms with Gasteiger partial charge in [0.15, 0.2) is 5.78 Å². The fraction of sp³-hybridized carbons (Fsp3) is 0.457. The number of benzene rings is 2. The van der Waals surface area contributed by atoms with Gasteiger partial charge in [-0.2, -0.15) is 0 Å². The molecule has 0 atom stereocenters. The van der Waals surface area contributed by atoms with Gasteiger partial charge in [-0.25, -0.2) is 0 Å². The molecule has 1 N–H and O–H groups in total. The molecule has 0 saturated carbocycles. The quantitative estimate of drug-likeness (QED) is 0.0834. The Morgan fingerprint density at radius 1 is 1.02 bits per heavy atom. The van der Waals surface area contributed by atoms with Crippen LogP contribution >= 0.6 is 11.3 Å². The van der Waals surface area contributed by atoms with Crippen molar-refractivity contribution in [2.75, 3.05) is 0 Å². The van der Waals surface area contributed by atoms with Crippen molar-refractivity contribution in [1.82, 2.24) is 9.97 Å². The number of aromatic nitrogens is 2. The van der Waals surface area contributed by atoms with Crippen molar-refractivity contribution >= 4 is 55.1 Å². The van der Waals surface area contributed by atoms with Crippen molar-refractivity contribution in [3.63, 3.8) is 0 Å². The van der Waals surface area contributed by atoms with Crippen LogP contribution in [0.25, 0.3) is 32.2 Å². The van der Waals surface area contributed by atoms with Crippen LogP contribution in [-0.4, -0.2) is 34.1 Å². The van der Waals surface area contributed by atoms with E-state index in [1.165, 1.54) is 28.0 Å². The minimum absolute atomic E-state index is 0. The molecule has 2 aromatic carbocycles. The molecule has 42 heavy (non-hydrogen) atoms. The number of aliphatic hydroxyl groups is 1. The number of carbonyl (C=O) groups is 1. The normalized spacial score (nSPS) is 14.0. The molecule has 0 bridgehead atoms. The van der Waals surface area contributed by atoms with Gasteiger partial charge in [-0.15, -0.1) is 0 Å². The van der Waals surface area contributed by atoms with Crippen LogP contribution in [0.5, 0.6) is 0 Å². The molecule has 0 spiro atoms. The summed E-state index contributed by atoms with van der Waals surface area (Å²) >= 11 is -0.139. The maximum Gasteiger partial charge on any atom is 0.162 e. The Hall–Kier alpha value is -1.86. The first-order valence-corrected chi connectivity index (χ1v) is 23.2. The predicted octanol–water partition coefficient (Wildman–Crippen LogP) is 9.36. The number of carbonyl (C=O) groups excluding carboxylic acids is 1. The van der Waals surface area contributed by atoms with Gasteiger partial charge in [0, 0.05) is 38.0 Å². The van der Waals surface area contributed by atoms with Crippen LogP contribution in [0.15, 0.2) is 48.5 Å². The molecule has 1 aliphatic carbocycles. The van der Waals surface area contributed by atoms with Crippen LogP contribution in [0.2, 0.25) is 17.3 Å². The molecule has 5 rings (SSSR count). The molecule has 1 aliphatic rings. The van der Waals surface area contributed by atoms with Gasteiger partial charge in [-0.05, 0) is 25.7 Å². The van der Waals surface area contributed by atoms with E-state index in [1.807, 2.05) is 39.0 Å². The monoisotopic (exact) mass is 824 g/mol. The second-order valence-electron chi connectivity index (χ2n) is 12.7. The first-order valence-electron chi connectivity index (χ1n) is 15.1. The molecule has 2 heterocycles. The van der Waals surface area contributed by atoms with Crippen molar-refractivity contribution in [2.24, 2.45) is 11.8 Å². The molecule has 2 aromatic heterocycles. The smallest absolute Gasteiger partial charge is 0.162 e. The summed E-state index contributed by atoms with van der Waals surface area (Å²) in [6.07, 6.45) is 6.63. The molecule has 0 aliphatic heterocycles. The number of allylic oxidation sites excluding steroid dienone is 2. The maximum absolute atomic E-state index is 11.7. The van der Waals surface area contributed by atoms with Crippen LogP contribution in [0.3, 0.4) is 0 Å². The van der Waals surface area contributed by atoms with Crippen molar-refractivity contribution < 1.29 is 30.0 Å². The third kappa shape index (κ3) is 6.62. The molecule has 0 amide bonds.